The van der Waals surface area contributed by atoms with Gasteiger partial charge in [0.1, 0.15) is 6.54 Å². The summed E-state index contributed by atoms with van der Waals surface area (Å²) >= 11 is 8.93. The van der Waals surface area contributed by atoms with Crippen LogP contribution >= 0.6 is 46.0 Å². The monoisotopic (exact) mass is 654 g/mol. The van der Waals surface area contributed by atoms with Crippen LogP contribution in [0.15, 0.2) is 41.3 Å². The van der Waals surface area contributed by atoms with Gasteiger partial charge >= 0.3 is 5.97 Å². The second-order valence-electron chi connectivity index (χ2n) is 8.34. The molecule has 2 fully saturated rings. The van der Waals surface area contributed by atoms with Gasteiger partial charge in [-0.05, 0) is 96.4 Å². The molecule has 0 atom stereocenters. The van der Waals surface area contributed by atoms with E-state index >= 15 is 0 Å². The third-order valence-corrected chi connectivity index (χ3v) is 7.83. The maximum atomic E-state index is 13.0. The molecule has 37 heavy (non-hydrogen) atoms. The fourth-order valence-electron chi connectivity index (χ4n) is 3.97. The number of benzene rings is 2. The lowest BCUT2D eigenvalue weighted by molar-refractivity contribution is -0.136. The zero-order valence-corrected chi connectivity index (χ0v) is 23.7. The highest BCUT2D eigenvalue weighted by molar-refractivity contribution is 14.1. The van der Waals surface area contributed by atoms with Gasteiger partial charge in [0.25, 0.3) is 11.1 Å². The standard InChI is InChI=1S/C26H24ClIN2O6S/c1-2-35-20-13-16(12-19(28)23(20)36-25(33)17-8-4-5-9-18(17)27)14-21-24(32)30(26(34)37-21)15-22(31)29-10-6-3-7-11-29/h4-5,8-9,12-14H,2-3,6-7,10-11,15H2,1H3/b21-14-. The van der Waals surface area contributed by atoms with Crippen molar-refractivity contribution in [2.45, 2.75) is 26.2 Å². The van der Waals surface area contributed by atoms with E-state index in [1.165, 1.54) is 0 Å². The number of ether oxygens (including phenoxy) is 2. The topological polar surface area (TPSA) is 93.2 Å². The maximum absolute atomic E-state index is 13.0. The molecule has 0 spiro atoms. The number of carbonyl (C=O) groups is 4. The summed E-state index contributed by atoms with van der Waals surface area (Å²) in [5.41, 5.74) is 0.803. The molecule has 0 aliphatic carbocycles. The summed E-state index contributed by atoms with van der Waals surface area (Å²) < 4.78 is 11.9. The molecule has 2 aliphatic rings. The van der Waals surface area contributed by atoms with E-state index in [0.29, 0.717) is 34.6 Å². The lowest BCUT2D eigenvalue weighted by Crippen LogP contribution is -2.44. The number of nitrogens with zero attached hydrogens (tertiary/aromatic N) is 2. The number of rotatable bonds is 7. The molecule has 2 saturated heterocycles. The van der Waals surface area contributed by atoms with Crippen LogP contribution in [0.1, 0.15) is 42.1 Å². The van der Waals surface area contributed by atoms with Crippen molar-refractivity contribution in [3.63, 3.8) is 0 Å². The minimum absolute atomic E-state index is 0.204. The van der Waals surface area contributed by atoms with E-state index in [1.807, 2.05) is 22.6 Å². The van der Waals surface area contributed by atoms with Crippen LogP contribution in [0.4, 0.5) is 4.79 Å². The van der Waals surface area contributed by atoms with Crippen LogP contribution in [0.5, 0.6) is 11.5 Å². The van der Waals surface area contributed by atoms with Crippen molar-refractivity contribution in [1.29, 1.82) is 0 Å². The number of carbonyl (C=O) groups excluding carboxylic acids is 4. The maximum Gasteiger partial charge on any atom is 0.345 e. The van der Waals surface area contributed by atoms with Gasteiger partial charge in [0.05, 0.1) is 25.7 Å². The third-order valence-electron chi connectivity index (χ3n) is 5.79. The van der Waals surface area contributed by atoms with Crippen molar-refractivity contribution in [3.05, 3.63) is 61.0 Å². The summed E-state index contributed by atoms with van der Waals surface area (Å²) in [6.45, 7) is 3.14. The summed E-state index contributed by atoms with van der Waals surface area (Å²) in [6, 6.07) is 9.92. The van der Waals surface area contributed by atoms with Crippen molar-refractivity contribution in [3.8, 4) is 11.5 Å². The van der Waals surface area contributed by atoms with Crippen LogP contribution in [0.3, 0.4) is 0 Å². The zero-order valence-electron chi connectivity index (χ0n) is 20.0. The van der Waals surface area contributed by atoms with Crippen LogP contribution in [0, 0.1) is 3.57 Å². The number of imide groups is 1. The molecule has 194 valence electrons. The predicted molar refractivity (Wildman–Crippen MR) is 150 cm³/mol. The summed E-state index contributed by atoms with van der Waals surface area (Å²) in [4.78, 5) is 53.7. The summed E-state index contributed by atoms with van der Waals surface area (Å²) in [5.74, 6) is -0.828. The van der Waals surface area contributed by atoms with Gasteiger partial charge in [-0.15, -0.1) is 0 Å². The first-order chi connectivity index (χ1) is 17.8. The molecule has 0 saturated carbocycles. The van der Waals surface area contributed by atoms with Crippen molar-refractivity contribution in [2.24, 2.45) is 0 Å². The lowest BCUT2D eigenvalue weighted by Gasteiger charge is -2.27. The van der Waals surface area contributed by atoms with Gasteiger partial charge in [0.2, 0.25) is 5.91 Å². The highest BCUT2D eigenvalue weighted by atomic mass is 127. The molecule has 0 bridgehead atoms. The first kappa shape index (κ1) is 27.5. The van der Waals surface area contributed by atoms with Crippen LogP contribution in [0.25, 0.3) is 6.08 Å². The van der Waals surface area contributed by atoms with Crippen molar-refractivity contribution in [2.75, 3.05) is 26.2 Å². The van der Waals surface area contributed by atoms with E-state index in [2.05, 4.69) is 0 Å². The molecule has 11 heteroatoms. The Morgan fingerprint density at radius 3 is 2.57 bits per heavy atom. The van der Waals surface area contributed by atoms with Crippen LogP contribution in [0.2, 0.25) is 5.02 Å². The Balaban J connectivity index is 1.54. The van der Waals surface area contributed by atoms with Crippen molar-refractivity contribution in [1.82, 2.24) is 9.80 Å². The van der Waals surface area contributed by atoms with Crippen LogP contribution in [-0.2, 0) is 9.59 Å². The van der Waals surface area contributed by atoms with E-state index in [4.69, 9.17) is 21.1 Å². The number of hydrogen-bond donors (Lipinski definition) is 0. The highest BCUT2D eigenvalue weighted by Gasteiger charge is 2.37. The van der Waals surface area contributed by atoms with Crippen LogP contribution in [-0.4, -0.2) is 59.1 Å². The van der Waals surface area contributed by atoms with E-state index in [-0.39, 0.29) is 33.7 Å². The minimum Gasteiger partial charge on any atom is -0.490 e. The molecule has 2 aromatic rings. The number of piperidine rings is 1. The predicted octanol–water partition coefficient (Wildman–Crippen LogP) is 5.61. The van der Waals surface area contributed by atoms with Gasteiger partial charge in [0.15, 0.2) is 11.5 Å². The number of esters is 1. The SMILES string of the molecule is CCOc1cc(/C=C2\SC(=O)N(CC(=O)N3CCCCC3)C2=O)cc(I)c1OC(=O)c1ccccc1Cl. The number of likely N-dealkylation sites (tertiary alicyclic amines) is 1. The average molecular weight is 655 g/mol. The number of thioether (sulfide) groups is 1. The van der Waals surface area contributed by atoms with E-state index in [0.717, 1.165) is 35.9 Å². The normalized spacial score (nSPS) is 16.9. The van der Waals surface area contributed by atoms with E-state index < -0.39 is 17.1 Å². The molecule has 0 aromatic heterocycles. The van der Waals surface area contributed by atoms with Gasteiger partial charge < -0.3 is 14.4 Å². The second kappa shape index (κ2) is 12.3. The Labute approximate surface area is 237 Å². The minimum atomic E-state index is -0.628. The fraction of sp³-hybridized carbons (Fsp3) is 0.308. The van der Waals surface area contributed by atoms with Gasteiger partial charge in [-0.25, -0.2) is 4.79 Å². The Hall–Kier alpha value is -2.57. The quantitative estimate of drug-likeness (QED) is 0.166. The highest BCUT2D eigenvalue weighted by Crippen LogP contribution is 2.38. The summed E-state index contributed by atoms with van der Waals surface area (Å²) in [7, 11) is 0. The Morgan fingerprint density at radius 1 is 1.14 bits per heavy atom. The fourth-order valence-corrected chi connectivity index (χ4v) is 5.76. The molecule has 2 heterocycles. The molecule has 3 amide bonds. The number of halogens is 2. The Kier molecular flexibility index (Phi) is 9.14. The Morgan fingerprint density at radius 2 is 1.86 bits per heavy atom. The summed E-state index contributed by atoms with van der Waals surface area (Å²) in [6.07, 6.45) is 4.51. The second-order valence-corrected chi connectivity index (χ2v) is 10.9. The molecule has 0 unspecified atom stereocenters. The van der Waals surface area contributed by atoms with E-state index in [1.54, 1.807) is 54.3 Å². The van der Waals surface area contributed by atoms with Crippen molar-refractivity contribution >= 4 is 75.1 Å². The number of hydrogen-bond acceptors (Lipinski definition) is 7. The third kappa shape index (κ3) is 6.47. The average Bonchev–Trinajstić information content (AvgIpc) is 3.14. The lowest BCUT2D eigenvalue weighted by atomic mass is 10.1. The molecular formula is C26H24ClIN2O6S. The smallest absolute Gasteiger partial charge is 0.345 e. The first-order valence-corrected chi connectivity index (χ1v) is 14.0. The molecule has 2 aliphatic heterocycles. The van der Waals surface area contributed by atoms with Gasteiger partial charge in [0, 0.05) is 13.1 Å². The molecule has 0 N–H and O–H groups in total. The zero-order chi connectivity index (χ0) is 26.5. The van der Waals surface area contributed by atoms with Gasteiger partial charge in [-0.3, -0.25) is 19.3 Å². The van der Waals surface area contributed by atoms with Crippen LogP contribution < -0.4 is 9.47 Å². The largest absolute Gasteiger partial charge is 0.490 e. The number of amides is 3. The molecule has 2 aromatic carbocycles. The van der Waals surface area contributed by atoms with Gasteiger partial charge in [-0.1, -0.05) is 23.7 Å². The summed E-state index contributed by atoms with van der Waals surface area (Å²) in [5, 5.41) is -0.210. The van der Waals surface area contributed by atoms with Crippen molar-refractivity contribution < 1.29 is 28.7 Å². The Bertz CT molecular complexity index is 1280. The van der Waals surface area contributed by atoms with Gasteiger partial charge in [-0.2, -0.15) is 0 Å². The molecule has 0 radical (unpaired) electrons. The van der Waals surface area contributed by atoms with E-state index in [9.17, 15) is 19.2 Å². The molecule has 8 nitrogen and oxygen atoms in total. The first-order valence-electron chi connectivity index (χ1n) is 11.7. The molecule has 4 rings (SSSR count). The molecular weight excluding hydrogens is 631 g/mol.